The Hall–Kier alpha value is -1.15. The summed E-state index contributed by atoms with van der Waals surface area (Å²) in [5.74, 6) is -0.437. The Kier molecular flexibility index (Phi) is 4.41. The number of amides is 2. The van der Waals surface area contributed by atoms with E-state index in [9.17, 15) is 9.59 Å². The summed E-state index contributed by atoms with van der Waals surface area (Å²) >= 11 is 2.17. The molecule has 1 fully saturated rings. The van der Waals surface area contributed by atoms with Crippen LogP contribution in [0.25, 0.3) is 0 Å². The number of hydrogen-bond acceptors (Lipinski definition) is 3. The first-order valence-electron chi connectivity index (χ1n) is 5.92. The Morgan fingerprint density at radius 3 is 2.63 bits per heavy atom. The minimum atomic E-state index is -0.642. The standard InChI is InChI=1S/C13H15IN2O3/c1-7(19-2)10-12(17)16-11(13(18)15-10)8-4-3-5-9(14)6-8/h3-7,10-11H,1-2H3,(H,15,18)(H,16,17)/t7-,10+,11?/m1/s1. The van der Waals surface area contributed by atoms with Crippen molar-refractivity contribution in [3.05, 3.63) is 33.4 Å². The number of benzene rings is 1. The molecule has 2 amide bonds. The van der Waals surface area contributed by atoms with E-state index in [1.165, 1.54) is 7.11 Å². The molecule has 1 aromatic carbocycles. The van der Waals surface area contributed by atoms with Crippen LogP contribution >= 0.6 is 22.6 Å². The summed E-state index contributed by atoms with van der Waals surface area (Å²) in [7, 11) is 1.51. The van der Waals surface area contributed by atoms with Gasteiger partial charge in [0.25, 0.3) is 0 Å². The lowest BCUT2D eigenvalue weighted by Gasteiger charge is -2.32. The largest absolute Gasteiger partial charge is 0.379 e. The first-order valence-corrected chi connectivity index (χ1v) is 7.00. The highest BCUT2D eigenvalue weighted by Gasteiger charge is 2.37. The molecule has 1 unspecified atom stereocenters. The number of methoxy groups -OCH3 is 1. The van der Waals surface area contributed by atoms with Gasteiger partial charge < -0.3 is 15.4 Å². The molecule has 102 valence electrons. The van der Waals surface area contributed by atoms with Crippen LogP contribution in [0.2, 0.25) is 0 Å². The summed E-state index contributed by atoms with van der Waals surface area (Å²) in [6.45, 7) is 1.75. The Bertz CT molecular complexity index is 506. The van der Waals surface area contributed by atoms with Crippen molar-refractivity contribution in [1.82, 2.24) is 10.6 Å². The summed E-state index contributed by atoms with van der Waals surface area (Å²) in [5, 5.41) is 5.45. The van der Waals surface area contributed by atoms with Crippen molar-refractivity contribution >= 4 is 34.4 Å². The fraction of sp³-hybridized carbons (Fsp3) is 0.385. The van der Waals surface area contributed by atoms with Gasteiger partial charge >= 0.3 is 0 Å². The second-order valence-corrected chi connectivity index (χ2v) is 5.67. The van der Waals surface area contributed by atoms with Gasteiger partial charge in [-0.15, -0.1) is 0 Å². The van der Waals surface area contributed by atoms with E-state index in [4.69, 9.17) is 4.74 Å². The van der Waals surface area contributed by atoms with Gasteiger partial charge in [-0.3, -0.25) is 9.59 Å². The fourth-order valence-electron chi connectivity index (χ4n) is 1.99. The molecule has 6 heteroatoms. The highest BCUT2D eigenvalue weighted by atomic mass is 127. The van der Waals surface area contributed by atoms with Crippen LogP contribution in [0.1, 0.15) is 18.5 Å². The van der Waals surface area contributed by atoms with Gasteiger partial charge in [0.15, 0.2) is 0 Å². The lowest BCUT2D eigenvalue weighted by molar-refractivity contribution is -0.140. The van der Waals surface area contributed by atoms with E-state index in [1.807, 2.05) is 24.3 Å². The first kappa shape index (κ1) is 14.3. The van der Waals surface area contributed by atoms with Crippen LogP contribution in [0.5, 0.6) is 0 Å². The molecule has 1 saturated heterocycles. The molecule has 0 aliphatic carbocycles. The van der Waals surface area contributed by atoms with Crippen molar-refractivity contribution in [2.45, 2.75) is 25.1 Å². The van der Waals surface area contributed by atoms with Crippen molar-refractivity contribution in [2.24, 2.45) is 0 Å². The number of ether oxygens (including phenoxy) is 1. The third kappa shape index (κ3) is 3.06. The highest BCUT2D eigenvalue weighted by molar-refractivity contribution is 14.1. The minimum Gasteiger partial charge on any atom is -0.379 e. The van der Waals surface area contributed by atoms with Gasteiger partial charge in [0.05, 0.1) is 6.10 Å². The molecule has 0 aromatic heterocycles. The van der Waals surface area contributed by atoms with Gasteiger partial charge in [-0.05, 0) is 47.2 Å². The van der Waals surface area contributed by atoms with Crippen LogP contribution in [0, 0.1) is 3.57 Å². The predicted molar refractivity (Wildman–Crippen MR) is 78.4 cm³/mol. The number of rotatable bonds is 3. The molecule has 1 aromatic rings. The summed E-state index contributed by atoms with van der Waals surface area (Å²) in [6.07, 6.45) is -0.360. The molecule has 0 bridgehead atoms. The topological polar surface area (TPSA) is 67.4 Å². The maximum absolute atomic E-state index is 12.1. The Morgan fingerprint density at radius 1 is 1.26 bits per heavy atom. The number of piperazine rings is 1. The number of halogens is 1. The smallest absolute Gasteiger partial charge is 0.247 e. The predicted octanol–water partition coefficient (Wildman–Crippen LogP) is 0.982. The maximum Gasteiger partial charge on any atom is 0.247 e. The SMILES string of the molecule is CO[C@H](C)[C@@H]1NC(=O)C(c2cccc(I)c2)NC1=O. The molecule has 2 N–H and O–H groups in total. The Balaban J connectivity index is 2.19. The van der Waals surface area contributed by atoms with E-state index >= 15 is 0 Å². The van der Waals surface area contributed by atoms with Crippen LogP contribution < -0.4 is 10.6 Å². The van der Waals surface area contributed by atoms with Gasteiger partial charge in [-0.2, -0.15) is 0 Å². The van der Waals surface area contributed by atoms with Crippen LogP contribution in [-0.2, 0) is 14.3 Å². The Morgan fingerprint density at radius 2 is 2.00 bits per heavy atom. The lowest BCUT2D eigenvalue weighted by atomic mass is 10.0. The van der Waals surface area contributed by atoms with Crippen molar-refractivity contribution in [2.75, 3.05) is 7.11 Å². The minimum absolute atomic E-state index is 0.212. The van der Waals surface area contributed by atoms with E-state index in [1.54, 1.807) is 6.92 Å². The monoisotopic (exact) mass is 374 g/mol. The van der Waals surface area contributed by atoms with E-state index in [-0.39, 0.29) is 17.9 Å². The van der Waals surface area contributed by atoms with Gasteiger partial charge in [0.2, 0.25) is 11.8 Å². The average molecular weight is 374 g/mol. The number of nitrogens with one attached hydrogen (secondary N) is 2. The Labute approximate surface area is 125 Å². The van der Waals surface area contributed by atoms with E-state index in [0.717, 1.165) is 9.13 Å². The third-order valence-electron chi connectivity index (χ3n) is 3.15. The number of carbonyl (C=O) groups is 2. The molecule has 1 heterocycles. The van der Waals surface area contributed by atoms with Gasteiger partial charge in [-0.1, -0.05) is 12.1 Å². The summed E-state index contributed by atoms with van der Waals surface area (Å²) in [6, 6.07) is 6.22. The molecule has 1 aliphatic rings. The lowest BCUT2D eigenvalue weighted by Crippen LogP contribution is -2.61. The molecule has 19 heavy (non-hydrogen) atoms. The second kappa shape index (κ2) is 5.87. The number of carbonyl (C=O) groups excluding carboxylic acids is 2. The van der Waals surface area contributed by atoms with Crippen LogP contribution in [0.3, 0.4) is 0 Å². The summed E-state index contributed by atoms with van der Waals surface area (Å²) < 4.78 is 6.11. The molecule has 0 saturated carbocycles. The fourth-order valence-corrected chi connectivity index (χ4v) is 2.55. The molecule has 0 spiro atoms. The second-order valence-electron chi connectivity index (χ2n) is 4.42. The van der Waals surface area contributed by atoms with Crippen LogP contribution in [-0.4, -0.2) is 31.1 Å². The van der Waals surface area contributed by atoms with Crippen LogP contribution in [0.4, 0.5) is 0 Å². The first-order chi connectivity index (χ1) is 9.02. The normalized spacial score (nSPS) is 24.6. The third-order valence-corrected chi connectivity index (χ3v) is 3.82. The summed E-state index contributed by atoms with van der Waals surface area (Å²) in [5.41, 5.74) is 0.779. The molecule has 2 rings (SSSR count). The van der Waals surface area contributed by atoms with E-state index in [2.05, 4.69) is 33.2 Å². The zero-order valence-electron chi connectivity index (χ0n) is 10.6. The van der Waals surface area contributed by atoms with E-state index in [0.29, 0.717) is 0 Å². The quantitative estimate of drug-likeness (QED) is 0.776. The van der Waals surface area contributed by atoms with Gasteiger partial charge in [0, 0.05) is 10.7 Å². The van der Waals surface area contributed by atoms with Crippen LogP contribution in [0.15, 0.2) is 24.3 Å². The summed E-state index contributed by atoms with van der Waals surface area (Å²) in [4.78, 5) is 24.1. The average Bonchev–Trinajstić information content (AvgIpc) is 2.40. The van der Waals surface area contributed by atoms with E-state index < -0.39 is 12.1 Å². The molecule has 3 atom stereocenters. The molecular weight excluding hydrogens is 359 g/mol. The molecule has 1 aliphatic heterocycles. The maximum atomic E-state index is 12.1. The van der Waals surface area contributed by atoms with Gasteiger partial charge in [-0.25, -0.2) is 0 Å². The molecular formula is C13H15IN2O3. The molecule has 5 nitrogen and oxygen atoms in total. The van der Waals surface area contributed by atoms with Crippen molar-refractivity contribution in [3.8, 4) is 0 Å². The highest BCUT2D eigenvalue weighted by Crippen LogP contribution is 2.19. The van der Waals surface area contributed by atoms with Crippen molar-refractivity contribution in [3.63, 3.8) is 0 Å². The van der Waals surface area contributed by atoms with Crippen molar-refractivity contribution < 1.29 is 14.3 Å². The van der Waals surface area contributed by atoms with Gasteiger partial charge in [0.1, 0.15) is 12.1 Å². The zero-order chi connectivity index (χ0) is 14.0. The number of hydrogen-bond donors (Lipinski definition) is 2. The van der Waals surface area contributed by atoms with Crippen molar-refractivity contribution in [1.29, 1.82) is 0 Å². The molecule has 0 radical (unpaired) electrons. The zero-order valence-corrected chi connectivity index (χ0v) is 12.8.